The number of carbonyl (C=O) groups excluding carboxylic acids is 2. The predicted octanol–water partition coefficient (Wildman–Crippen LogP) is 4.05. The van der Waals surface area contributed by atoms with Gasteiger partial charge in [0.15, 0.2) is 0 Å². The Morgan fingerprint density at radius 1 is 1.00 bits per heavy atom. The highest BCUT2D eigenvalue weighted by Gasteiger charge is 2.02. The zero-order valence-corrected chi connectivity index (χ0v) is 14.3. The summed E-state index contributed by atoms with van der Waals surface area (Å²) in [5, 5.41) is 2.68. The molecule has 2 rings (SSSR count). The number of anilines is 1. The first-order chi connectivity index (χ1) is 12.1. The molecule has 2 aromatic rings. The number of benzene rings is 2. The smallest absolute Gasteiger partial charge is 0.336 e. The van der Waals surface area contributed by atoms with E-state index in [1.165, 1.54) is 13.0 Å². The highest BCUT2D eigenvalue weighted by molar-refractivity contribution is 5.90. The molecule has 0 fully saturated rings. The van der Waals surface area contributed by atoms with Crippen molar-refractivity contribution in [3.05, 3.63) is 60.2 Å². The number of esters is 1. The summed E-state index contributed by atoms with van der Waals surface area (Å²) in [7, 11) is 0. The summed E-state index contributed by atoms with van der Waals surface area (Å²) in [6.07, 6.45) is 3.95. The van der Waals surface area contributed by atoms with E-state index < -0.39 is 5.97 Å². The maximum Gasteiger partial charge on any atom is 0.336 e. The predicted molar refractivity (Wildman–Crippen MR) is 97.6 cm³/mol. The molecule has 1 N–H and O–H groups in total. The van der Waals surface area contributed by atoms with Crippen LogP contribution in [0.3, 0.4) is 0 Å². The van der Waals surface area contributed by atoms with Crippen molar-refractivity contribution >= 4 is 23.6 Å². The second-order valence-electron chi connectivity index (χ2n) is 5.38. The van der Waals surface area contributed by atoms with Crippen LogP contribution in [0.4, 0.5) is 5.69 Å². The number of hydrogen-bond acceptors (Lipinski definition) is 4. The van der Waals surface area contributed by atoms with Crippen LogP contribution in [0, 0.1) is 0 Å². The van der Waals surface area contributed by atoms with Crippen LogP contribution in [0.15, 0.2) is 54.6 Å². The summed E-state index contributed by atoms with van der Waals surface area (Å²) < 4.78 is 10.7. The third kappa shape index (κ3) is 6.51. The lowest BCUT2D eigenvalue weighted by Crippen LogP contribution is -2.05. The van der Waals surface area contributed by atoms with E-state index in [-0.39, 0.29) is 5.91 Å². The lowest BCUT2D eigenvalue weighted by Gasteiger charge is -2.05. The fourth-order valence-electron chi connectivity index (χ4n) is 2.02. The first-order valence-corrected chi connectivity index (χ1v) is 8.07. The van der Waals surface area contributed by atoms with Crippen LogP contribution in [0.25, 0.3) is 6.08 Å². The number of hydrogen-bond donors (Lipinski definition) is 1. The van der Waals surface area contributed by atoms with Gasteiger partial charge in [0, 0.05) is 18.7 Å². The van der Waals surface area contributed by atoms with Gasteiger partial charge < -0.3 is 14.8 Å². The largest absolute Gasteiger partial charge is 0.494 e. The average molecular weight is 339 g/mol. The molecule has 5 heteroatoms. The Hall–Kier alpha value is -3.08. The van der Waals surface area contributed by atoms with Gasteiger partial charge in [0.1, 0.15) is 11.5 Å². The molecule has 0 aliphatic carbocycles. The normalized spacial score (nSPS) is 10.5. The summed E-state index contributed by atoms with van der Waals surface area (Å²) >= 11 is 0. The molecule has 1 amide bonds. The maximum atomic E-state index is 11.9. The highest BCUT2D eigenvalue weighted by Crippen LogP contribution is 2.18. The van der Waals surface area contributed by atoms with Crippen LogP contribution < -0.4 is 14.8 Å². The van der Waals surface area contributed by atoms with E-state index in [0.717, 1.165) is 17.7 Å². The quantitative estimate of drug-likeness (QED) is 0.469. The first-order valence-electron chi connectivity index (χ1n) is 8.07. The topological polar surface area (TPSA) is 64.6 Å². The number of carbonyl (C=O) groups is 2. The molecule has 2 aromatic carbocycles. The molecule has 0 aromatic heterocycles. The highest BCUT2D eigenvalue weighted by atomic mass is 16.5. The van der Waals surface area contributed by atoms with E-state index in [2.05, 4.69) is 5.32 Å². The Balaban J connectivity index is 1.88. The fraction of sp³-hybridized carbons (Fsp3) is 0.200. The Morgan fingerprint density at radius 3 is 2.24 bits per heavy atom. The van der Waals surface area contributed by atoms with Crippen LogP contribution in [0.1, 0.15) is 25.8 Å². The Morgan fingerprint density at radius 2 is 1.64 bits per heavy atom. The van der Waals surface area contributed by atoms with Gasteiger partial charge in [0.2, 0.25) is 5.91 Å². The molecule has 0 spiro atoms. The van der Waals surface area contributed by atoms with Crippen molar-refractivity contribution in [2.24, 2.45) is 0 Å². The van der Waals surface area contributed by atoms with E-state index in [0.29, 0.717) is 18.0 Å². The third-order valence-electron chi connectivity index (χ3n) is 3.16. The summed E-state index contributed by atoms with van der Waals surface area (Å²) in [6, 6.07) is 14.1. The zero-order valence-electron chi connectivity index (χ0n) is 14.3. The lowest BCUT2D eigenvalue weighted by molar-refractivity contribution is -0.128. The standard InChI is InChI=1S/C20H21NO4/c1-3-14-24-18-9-11-19(12-10-18)25-20(23)13-6-16-4-7-17(8-5-16)21-15(2)22/h4-13H,3,14H2,1-2H3,(H,21,22)/b13-6+. The van der Waals surface area contributed by atoms with Crippen molar-refractivity contribution in [1.82, 2.24) is 0 Å². The number of rotatable bonds is 7. The van der Waals surface area contributed by atoms with Crippen molar-refractivity contribution in [1.29, 1.82) is 0 Å². The van der Waals surface area contributed by atoms with E-state index in [4.69, 9.17) is 9.47 Å². The van der Waals surface area contributed by atoms with Gasteiger partial charge in [-0.3, -0.25) is 4.79 Å². The summed E-state index contributed by atoms with van der Waals surface area (Å²) in [4.78, 5) is 22.8. The average Bonchev–Trinajstić information content (AvgIpc) is 2.60. The lowest BCUT2D eigenvalue weighted by atomic mass is 10.2. The summed E-state index contributed by atoms with van der Waals surface area (Å²) in [5.41, 5.74) is 1.53. The molecule has 0 saturated heterocycles. The molecule has 0 unspecified atom stereocenters. The van der Waals surface area contributed by atoms with Gasteiger partial charge in [0.25, 0.3) is 0 Å². The first kappa shape index (κ1) is 18.3. The number of amides is 1. The van der Waals surface area contributed by atoms with Crippen LogP contribution in [-0.2, 0) is 9.59 Å². The van der Waals surface area contributed by atoms with Crippen molar-refractivity contribution in [2.45, 2.75) is 20.3 Å². The van der Waals surface area contributed by atoms with Crippen LogP contribution >= 0.6 is 0 Å². The van der Waals surface area contributed by atoms with Crippen molar-refractivity contribution in [3.63, 3.8) is 0 Å². The van der Waals surface area contributed by atoms with Gasteiger partial charge in [-0.2, -0.15) is 0 Å². The molecular weight excluding hydrogens is 318 g/mol. The molecule has 0 atom stereocenters. The molecule has 25 heavy (non-hydrogen) atoms. The van der Waals surface area contributed by atoms with Crippen LogP contribution in [-0.4, -0.2) is 18.5 Å². The van der Waals surface area contributed by atoms with E-state index in [1.54, 1.807) is 54.6 Å². The van der Waals surface area contributed by atoms with E-state index in [1.807, 2.05) is 6.92 Å². The summed E-state index contributed by atoms with van der Waals surface area (Å²) in [6.45, 7) is 4.14. The molecule has 0 saturated carbocycles. The van der Waals surface area contributed by atoms with Gasteiger partial charge in [0.05, 0.1) is 6.61 Å². The Labute approximate surface area is 147 Å². The zero-order chi connectivity index (χ0) is 18.1. The second kappa shape index (κ2) is 9.27. The van der Waals surface area contributed by atoms with Gasteiger partial charge in [-0.25, -0.2) is 4.79 Å². The molecule has 0 heterocycles. The van der Waals surface area contributed by atoms with Crippen molar-refractivity contribution < 1.29 is 19.1 Å². The Bertz CT molecular complexity index is 733. The number of nitrogens with one attached hydrogen (secondary N) is 1. The van der Waals surface area contributed by atoms with Crippen molar-refractivity contribution in [3.8, 4) is 11.5 Å². The molecule has 130 valence electrons. The fourth-order valence-corrected chi connectivity index (χ4v) is 2.02. The van der Waals surface area contributed by atoms with Crippen LogP contribution in [0.5, 0.6) is 11.5 Å². The third-order valence-corrected chi connectivity index (χ3v) is 3.16. The molecule has 0 radical (unpaired) electrons. The van der Waals surface area contributed by atoms with E-state index >= 15 is 0 Å². The minimum Gasteiger partial charge on any atom is -0.494 e. The molecule has 0 aliphatic heterocycles. The monoisotopic (exact) mass is 339 g/mol. The minimum absolute atomic E-state index is 0.127. The van der Waals surface area contributed by atoms with Gasteiger partial charge in [-0.15, -0.1) is 0 Å². The number of ether oxygens (including phenoxy) is 2. The minimum atomic E-state index is -0.465. The van der Waals surface area contributed by atoms with Gasteiger partial charge in [-0.1, -0.05) is 19.1 Å². The van der Waals surface area contributed by atoms with Gasteiger partial charge in [-0.05, 0) is 54.5 Å². The second-order valence-corrected chi connectivity index (χ2v) is 5.38. The maximum absolute atomic E-state index is 11.9. The molecule has 0 aliphatic rings. The molecular formula is C20H21NO4. The molecule has 5 nitrogen and oxygen atoms in total. The van der Waals surface area contributed by atoms with Gasteiger partial charge >= 0.3 is 5.97 Å². The molecule has 0 bridgehead atoms. The van der Waals surface area contributed by atoms with Crippen LogP contribution in [0.2, 0.25) is 0 Å². The summed E-state index contributed by atoms with van der Waals surface area (Å²) in [5.74, 6) is 0.613. The Kier molecular flexibility index (Phi) is 6.77. The van der Waals surface area contributed by atoms with Crippen molar-refractivity contribution in [2.75, 3.05) is 11.9 Å². The SMILES string of the molecule is CCCOc1ccc(OC(=O)/C=C/c2ccc(NC(C)=O)cc2)cc1. The van der Waals surface area contributed by atoms with E-state index in [9.17, 15) is 9.59 Å².